The van der Waals surface area contributed by atoms with Gasteiger partial charge in [-0.25, -0.2) is 4.98 Å². The van der Waals surface area contributed by atoms with Crippen molar-refractivity contribution in [3.8, 4) is 10.4 Å². The summed E-state index contributed by atoms with van der Waals surface area (Å²) in [4.78, 5) is 18.6. The minimum absolute atomic E-state index is 0.115. The third-order valence-corrected chi connectivity index (χ3v) is 4.89. The highest BCUT2D eigenvalue weighted by atomic mass is 32.1. The molecule has 0 aliphatic heterocycles. The zero-order valence-corrected chi connectivity index (χ0v) is 14.1. The second-order valence-electron chi connectivity index (χ2n) is 5.61. The van der Waals surface area contributed by atoms with E-state index in [1.54, 1.807) is 24.5 Å². The average molecular weight is 325 g/mol. The Bertz CT molecular complexity index is 895. The van der Waals surface area contributed by atoms with Crippen molar-refractivity contribution < 1.29 is 0 Å². The maximum Gasteiger partial charge on any atom is 0.254 e. The molecule has 0 saturated carbocycles. The molecule has 4 nitrogen and oxygen atoms in total. The molecular weight excluding hydrogens is 306 g/mol. The number of aryl methyl sites for hydroxylation is 3. The van der Waals surface area contributed by atoms with E-state index >= 15 is 0 Å². The summed E-state index contributed by atoms with van der Waals surface area (Å²) in [6.07, 6.45) is 1.53. The molecule has 23 heavy (non-hydrogen) atoms. The van der Waals surface area contributed by atoms with Crippen molar-refractivity contribution in [1.82, 2.24) is 9.55 Å². The highest BCUT2D eigenvalue weighted by Crippen LogP contribution is 2.28. The number of aromatic nitrogens is 2. The largest absolute Gasteiger partial charge is 0.369 e. The highest BCUT2D eigenvalue weighted by Gasteiger charge is 2.05. The van der Waals surface area contributed by atoms with Gasteiger partial charge in [-0.3, -0.25) is 9.36 Å². The molecule has 2 heterocycles. The number of nitrogens with zero attached hydrogens (tertiary/aromatic N) is 2. The summed E-state index contributed by atoms with van der Waals surface area (Å²) in [6.45, 7) is 2.12. The summed E-state index contributed by atoms with van der Waals surface area (Å²) in [5.74, 6) is 0.260. The predicted octanol–water partition coefficient (Wildman–Crippen LogP) is 3.18. The molecule has 0 unspecified atom stereocenters. The van der Waals surface area contributed by atoms with E-state index in [1.807, 2.05) is 0 Å². The Hall–Kier alpha value is -2.40. The second-order valence-corrected chi connectivity index (χ2v) is 6.90. The fourth-order valence-corrected chi connectivity index (χ4v) is 3.34. The number of nitrogens with two attached hydrogens (primary N) is 1. The summed E-state index contributed by atoms with van der Waals surface area (Å²) in [7, 11) is 1.63. The van der Waals surface area contributed by atoms with Crippen LogP contribution in [0.4, 0.5) is 5.95 Å². The van der Waals surface area contributed by atoms with E-state index in [1.165, 1.54) is 25.4 Å². The van der Waals surface area contributed by atoms with Crippen LogP contribution < -0.4 is 11.3 Å². The molecule has 5 heteroatoms. The van der Waals surface area contributed by atoms with Crippen molar-refractivity contribution in [3.05, 3.63) is 69.0 Å². The molecule has 0 aliphatic rings. The van der Waals surface area contributed by atoms with Gasteiger partial charge in [-0.05, 0) is 43.0 Å². The van der Waals surface area contributed by atoms with Gasteiger partial charge in [0.05, 0.1) is 5.69 Å². The molecule has 118 valence electrons. The first-order valence-electron chi connectivity index (χ1n) is 7.51. The van der Waals surface area contributed by atoms with Gasteiger partial charge in [-0.15, -0.1) is 11.3 Å². The van der Waals surface area contributed by atoms with Crippen molar-refractivity contribution in [2.45, 2.75) is 19.8 Å². The third kappa shape index (κ3) is 3.51. The van der Waals surface area contributed by atoms with Crippen molar-refractivity contribution >= 4 is 17.3 Å². The molecule has 0 saturated heterocycles. The van der Waals surface area contributed by atoms with Crippen LogP contribution in [0.2, 0.25) is 0 Å². The lowest BCUT2D eigenvalue weighted by atomic mass is 10.0. The zero-order chi connectivity index (χ0) is 16.4. The Kier molecular flexibility index (Phi) is 4.30. The van der Waals surface area contributed by atoms with Gasteiger partial charge in [0.2, 0.25) is 5.95 Å². The number of thiophene rings is 1. The van der Waals surface area contributed by atoms with E-state index in [0.29, 0.717) is 6.42 Å². The molecule has 0 spiro atoms. The lowest BCUT2D eigenvalue weighted by Crippen LogP contribution is -2.21. The standard InChI is InChI=1S/C18H19N3OS/c1-12-6-9-16(23-12)14-5-3-4-13(10-14)7-8-15-11-17(22)21(2)18(19)20-15/h3-6,9-11H,7-8H2,1-2H3,(H2,19,20). The SMILES string of the molecule is Cc1ccc(-c2cccc(CCc3cc(=O)n(C)c(N)n3)c2)s1. The van der Waals surface area contributed by atoms with Crippen LogP contribution in [0.1, 0.15) is 16.1 Å². The van der Waals surface area contributed by atoms with Gasteiger partial charge in [0.15, 0.2) is 0 Å². The summed E-state index contributed by atoms with van der Waals surface area (Å²) in [6, 6.07) is 14.4. The molecule has 1 aromatic carbocycles. The van der Waals surface area contributed by atoms with Gasteiger partial charge in [0.1, 0.15) is 0 Å². The maximum absolute atomic E-state index is 11.8. The van der Waals surface area contributed by atoms with E-state index in [2.05, 4.69) is 48.3 Å². The van der Waals surface area contributed by atoms with Gasteiger partial charge in [-0.1, -0.05) is 24.3 Å². The molecular formula is C18H19N3OS. The Morgan fingerprint density at radius 1 is 1.17 bits per heavy atom. The first kappa shape index (κ1) is 15.5. The predicted molar refractivity (Wildman–Crippen MR) is 95.8 cm³/mol. The Labute approximate surface area is 139 Å². The van der Waals surface area contributed by atoms with Gasteiger partial charge in [-0.2, -0.15) is 0 Å². The van der Waals surface area contributed by atoms with E-state index in [0.717, 1.165) is 12.1 Å². The molecule has 2 aromatic heterocycles. The summed E-state index contributed by atoms with van der Waals surface area (Å²) in [5, 5.41) is 0. The number of hydrogen-bond acceptors (Lipinski definition) is 4. The highest BCUT2D eigenvalue weighted by molar-refractivity contribution is 7.15. The second kappa shape index (κ2) is 6.38. The molecule has 0 aliphatic carbocycles. The molecule has 3 rings (SSSR count). The van der Waals surface area contributed by atoms with Crippen LogP contribution in [0.5, 0.6) is 0 Å². The van der Waals surface area contributed by atoms with Crippen LogP contribution in [0.15, 0.2) is 47.3 Å². The number of benzene rings is 1. The quantitative estimate of drug-likeness (QED) is 0.801. The van der Waals surface area contributed by atoms with E-state index in [9.17, 15) is 4.79 Å². The lowest BCUT2D eigenvalue weighted by molar-refractivity contribution is 0.806. The number of hydrogen-bond donors (Lipinski definition) is 1. The topological polar surface area (TPSA) is 60.9 Å². The van der Waals surface area contributed by atoms with Crippen molar-refractivity contribution in [2.75, 3.05) is 5.73 Å². The molecule has 3 aromatic rings. The summed E-state index contributed by atoms with van der Waals surface area (Å²) >= 11 is 1.80. The zero-order valence-electron chi connectivity index (χ0n) is 13.2. The van der Waals surface area contributed by atoms with Crippen molar-refractivity contribution in [2.24, 2.45) is 7.05 Å². The van der Waals surface area contributed by atoms with Crippen LogP contribution in [-0.2, 0) is 19.9 Å². The van der Waals surface area contributed by atoms with E-state index < -0.39 is 0 Å². The first-order valence-corrected chi connectivity index (χ1v) is 8.33. The van der Waals surface area contributed by atoms with Crippen LogP contribution >= 0.6 is 11.3 Å². The normalized spacial score (nSPS) is 10.9. The Morgan fingerprint density at radius 3 is 2.70 bits per heavy atom. The van der Waals surface area contributed by atoms with Crippen LogP contribution in [-0.4, -0.2) is 9.55 Å². The number of nitrogen functional groups attached to an aromatic ring is 1. The molecule has 0 fully saturated rings. The first-order chi connectivity index (χ1) is 11.0. The van der Waals surface area contributed by atoms with Gasteiger partial charge < -0.3 is 5.73 Å². The van der Waals surface area contributed by atoms with Gasteiger partial charge in [0, 0.05) is 22.9 Å². The van der Waals surface area contributed by atoms with Gasteiger partial charge in [0.25, 0.3) is 5.56 Å². The van der Waals surface area contributed by atoms with Crippen LogP contribution in [0.25, 0.3) is 10.4 Å². The Morgan fingerprint density at radius 2 is 2.00 bits per heavy atom. The lowest BCUT2D eigenvalue weighted by Gasteiger charge is -2.06. The minimum Gasteiger partial charge on any atom is -0.369 e. The third-order valence-electron chi connectivity index (χ3n) is 3.84. The number of rotatable bonds is 4. The number of anilines is 1. The maximum atomic E-state index is 11.8. The van der Waals surface area contributed by atoms with Crippen molar-refractivity contribution in [1.29, 1.82) is 0 Å². The smallest absolute Gasteiger partial charge is 0.254 e. The molecule has 0 bridgehead atoms. The monoisotopic (exact) mass is 325 g/mol. The average Bonchev–Trinajstić information content (AvgIpc) is 2.97. The van der Waals surface area contributed by atoms with Crippen LogP contribution in [0.3, 0.4) is 0 Å². The molecule has 0 atom stereocenters. The summed E-state index contributed by atoms with van der Waals surface area (Å²) in [5.41, 5.74) is 8.83. The van der Waals surface area contributed by atoms with E-state index in [-0.39, 0.29) is 11.5 Å². The van der Waals surface area contributed by atoms with Crippen LogP contribution in [0, 0.1) is 6.92 Å². The minimum atomic E-state index is -0.115. The molecule has 2 N–H and O–H groups in total. The van der Waals surface area contributed by atoms with Gasteiger partial charge >= 0.3 is 0 Å². The summed E-state index contributed by atoms with van der Waals surface area (Å²) < 4.78 is 1.35. The Balaban J connectivity index is 1.77. The van der Waals surface area contributed by atoms with E-state index in [4.69, 9.17) is 5.73 Å². The van der Waals surface area contributed by atoms with Crippen molar-refractivity contribution in [3.63, 3.8) is 0 Å². The fourth-order valence-electron chi connectivity index (χ4n) is 2.48. The fraction of sp³-hybridized carbons (Fsp3) is 0.222. The molecule has 0 amide bonds. The molecule has 0 radical (unpaired) electrons.